The summed E-state index contributed by atoms with van der Waals surface area (Å²) in [5.74, 6) is 0.311. The predicted octanol–water partition coefficient (Wildman–Crippen LogP) is 7.95. The van der Waals surface area contributed by atoms with E-state index in [0.717, 1.165) is 27.8 Å². The van der Waals surface area contributed by atoms with E-state index in [-0.39, 0.29) is 0 Å². The number of fused-ring (bicyclic) bond motifs is 5. The van der Waals surface area contributed by atoms with Gasteiger partial charge < -0.3 is 4.42 Å². The highest BCUT2D eigenvalue weighted by Gasteiger charge is 2.13. The number of nitrogens with zero attached hydrogens (tertiary/aromatic N) is 1. The molecule has 0 fully saturated rings. The molecule has 2 aromatic heterocycles. The van der Waals surface area contributed by atoms with Crippen LogP contribution in [0.5, 0.6) is 0 Å². The first-order valence-electron chi connectivity index (χ1n) is 10.6. The summed E-state index contributed by atoms with van der Waals surface area (Å²) in [7, 11) is 0. The molecule has 0 aliphatic rings. The lowest BCUT2D eigenvalue weighted by molar-refractivity contribution is 0.669. The van der Waals surface area contributed by atoms with E-state index in [0.29, 0.717) is 5.92 Å². The molecule has 0 bridgehead atoms. The Morgan fingerprint density at radius 3 is 2.39 bits per heavy atom. The van der Waals surface area contributed by atoms with Crippen molar-refractivity contribution in [1.82, 2.24) is 4.98 Å². The van der Waals surface area contributed by atoms with Crippen LogP contribution in [0.1, 0.15) is 24.0 Å². The maximum absolute atomic E-state index is 6.15. The minimum absolute atomic E-state index is 0.311. The normalized spacial score (nSPS) is 12.5. The minimum Gasteiger partial charge on any atom is -0.456 e. The van der Waals surface area contributed by atoms with Crippen LogP contribution in [0, 0.1) is 0 Å². The van der Waals surface area contributed by atoms with Crippen LogP contribution in [0.2, 0.25) is 0 Å². The molecule has 2 nitrogen and oxygen atoms in total. The first-order valence-corrected chi connectivity index (χ1v) is 10.6. The van der Waals surface area contributed by atoms with Crippen molar-refractivity contribution in [3.05, 3.63) is 114 Å². The summed E-state index contributed by atoms with van der Waals surface area (Å²) in [6, 6.07) is 34.0. The van der Waals surface area contributed by atoms with Crippen molar-refractivity contribution in [2.45, 2.75) is 12.8 Å². The molecule has 31 heavy (non-hydrogen) atoms. The quantitative estimate of drug-likeness (QED) is 0.302. The molecule has 0 N–H and O–H groups in total. The Hall–Kier alpha value is -3.91. The molecule has 0 spiro atoms. The topological polar surface area (TPSA) is 26.0 Å². The van der Waals surface area contributed by atoms with Crippen LogP contribution < -0.4 is 0 Å². The molecule has 6 aromatic rings. The van der Waals surface area contributed by atoms with Gasteiger partial charge in [0.25, 0.3) is 0 Å². The Labute approximate surface area is 180 Å². The highest BCUT2D eigenvalue weighted by molar-refractivity contribution is 6.19. The van der Waals surface area contributed by atoms with Gasteiger partial charge in [0.15, 0.2) is 0 Å². The lowest BCUT2D eigenvalue weighted by Crippen LogP contribution is -1.97. The molecule has 2 heteroatoms. The van der Waals surface area contributed by atoms with Gasteiger partial charge in [0.05, 0.1) is 5.69 Å². The van der Waals surface area contributed by atoms with Crippen LogP contribution in [-0.2, 0) is 0 Å². The molecule has 1 atom stereocenters. The van der Waals surface area contributed by atoms with E-state index in [1.807, 2.05) is 6.20 Å². The zero-order valence-corrected chi connectivity index (χ0v) is 17.2. The van der Waals surface area contributed by atoms with Crippen molar-refractivity contribution in [2.75, 3.05) is 0 Å². The van der Waals surface area contributed by atoms with Crippen molar-refractivity contribution in [2.24, 2.45) is 0 Å². The third-order valence-corrected chi connectivity index (χ3v) is 6.24. The zero-order chi connectivity index (χ0) is 20.8. The Balaban J connectivity index is 1.51. The van der Waals surface area contributed by atoms with Crippen molar-refractivity contribution in [3.8, 4) is 11.3 Å². The van der Waals surface area contributed by atoms with Crippen molar-refractivity contribution < 1.29 is 4.42 Å². The van der Waals surface area contributed by atoms with Gasteiger partial charge in [-0.15, -0.1) is 0 Å². The van der Waals surface area contributed by atoms with E-state index in [9.17, 15) is 0 Å². The fourth-order valence-electron chi connectivity index (χ4n) is 4.51. The maximum Gasteiger partial charge on any atom is 0.136 e. The summed E-state index contributed by atoms with van der Waals surface area (Å²) in [4.78, 5) is 4.69. The molecule has 1 unspecified atom stereocenters. The van der Waals surface area contributed by atoms with Gasteiger partial charge >= 0.3 is 0 Å². The number of furan rings is 1. The zero-order valence-electron chi connectivity index (χ0n) is 17.2. The van der Waals surface area contributed by atoms with Crippen molar-refractivity contribution in [1.29, 1.82) is 0 Å². The molecule has 6 rings (SSSR count). The first-order chi connectivity index (χ1) is 15.3. The fraction of sp³-hybridized carbons (Fsp3) is 0.0690. The number of rotatable bonds is 3. The Bertz CT molecular complexity index is 1550. The van der Waals surface area contributed by atoms with Crippen LogP contribution in [0.25, 0.3) is 44.0 Å². The van der Waals surface area contributed by atoms with E-state index >= 15 is 0 Å². The number of pyridine rings is 1. The van der Waals surface area contributed by atoms with Gasteiger partial charge in [0.2, 0.25) is 0 Å². The number of aromatic nitrogens is 1. The van der Waals surface area contributed by atoms with Crippen LogP contribution in [0.4, 0.5) is 0 Å². The molecule has 0 saturated heterocycles. The summed E-state index contributed by atoms with van der Waals surface area (Å²) in [6.45, 7) is 2.24. The van der Waals surface area contributed by atoms with Gasteiger partial charge in [-0.25, -0.2) is 0 Å². The van der Waals surface area contributed by atoms with Gasteiger partial charge in [0, 0.05) is 28.5 Å². The van der Waals surface area contributed by atoms with Crippen molar-refractivity contribution in [3.63, 3.8) is 0 Å². The number of hydrogen-bond acceptors (Lipinski definition) is 2. The molecule has 0 radical (unpaired) electrons. The summed E-state index contributed by atoms with van der Waals surface area (Å²) in [5.41, 5.74) is 6.48. The van der Waals surface area contributed by atoms with Crippen LogP contribution in [0.3, 0.4) is 0 Å². The average molecular weight is 399 g/mol. The van der Waals surface area contributed by atoms with E-state index in [2.05, 4.69) is 109 Å². The summed E-state index contributed by atoms with van der Waals surface area (Å²) in [6.07, 6.45) is 1.91. The lowest BCUT2D eigenvalue weighted by Gasteiger charge is -2.13. The summed E-state index contributed by atoms with van der Waals surface area (Å²) < 4.78 is 6.15. The highest BCUT2D eigenvalue weighted by atomic mass is 16.3. The molecular weight excluding hydrogens is 378 g/mol. The molecule has 148 valence electrons. The van der Waals surface area contributed by atoms with Crippen LogP contribution in [-0.4, -0.2) is 4.98 Å². The SMILES string of the molecule is CC(c1ccccc1)c1ccnc(-c2ccc3oc4ccc5ccccc5c4c3c2)c1. The predicted molar refractivity (Wildman–Crippen MR) is 128 cm³/mol. The molecule has 0 aliphatic carbocycles. The Kier molecular flexibility index (Phi) is 4.10. The monoisotopic (exact) mass is 399 g/mol. The standard InChI is InChI=1S/C29H21NO/c1-19(20-7-3-2-4-8-20)22-15-16-30-26(18-22)23-12-13-27-25(17-23)29-24-10-6-5-9-21(24)11-14-28(29)31-27/h2-19H,1H3. The van der Waals surface area contributed by atoms with E-state index in [1.165, 1.54) is 27.3 Å². The highest BCUT2D eigenvalue weighted by Crippen LogP contribution is 2.37. The Morgan fingerprint density at radius 1 is 0.677 bits per heavy atom. The fourth-order valence-corrected chi connectivity index (χ4v) is 4.51. The van der Waals surface area contributed by atoms with E-state index in [4.69, 9.17) is 4.42 Å². The van der Waals surface area contributed by atoms with Gasteiger partial charge in [-0.2, -0.15) is 0 Å². The van der Waals surface area contributed by atoms with Gasteiger partial charge in [-0.1, -0.05) is 67.6 Å². The molecule has 0 amide bonds. The third-order valence-electron chi connectivity index (χ3n) is 6.24. The van der Waals surface area contributed by atoms with Gasteiger partial charge in [-0.05, 0) is 58.3 Å². The number of hydrogen-bond donors (Lipinski definition) is 0. The largest absolute Gasteiger partial charge is 0.456 e. The van der Waals surface area contributed by atoms with Crippen LogP contribution >= 0.6 is 0 Å². The summed E-state index contributed by atoms with van der Waals surface area (Å²) >= 11 is 0. The smallest absolute Gasteiger partial charge is 0.136 e. The minimum atomic E-state index is 0.311. The second kappa shape index (κ2) is 7.10. The maximum atomic E-state index is 6.15. The van der Waals surface area contributed by atoms with Crippen molar-refractivity contribution >= 4 is 32.7 Å². The molecule has 0 aliphatic heterocycles. The van der Waals surface area contributed by atoms with E-state index < -0.39 is 0 Å². The summed E-state index contributed by atoms with van der Waals surface area (Å²) in [5, 5.41) is 4.74. The second-order valence-corrected chi connectivity index (χ2v) is 8.08. The second-order valence-electron chi connectivity index (χ2n) is 8.08. The molecule has 2 heterocycles. The van der Waals surface area contributed by atoms with Crippen LogP contribution in [0.15, 0.2) is 108 Å². The first kappa shape index (κ1) is 17.9. The van der Waals surface area contributed by atoms with Gasteiger partial charge in [-0.3, -0.25) is 4.98 Å². The van der Waals surface area contributed by atoms with Gasteiger partial charge in [0.1, 0.15) is 11.2 Å². The van der Waals surface area contributed by atoms with E-state index in [1.54, 1.807) is 0 Å². The molecule has 0 saturated carbocycles. The lowest BCUT2D eigenvalue weighted by atomic mass is 9.92. The Morgan fingerprint density at radius 2 is 1.48 bits per heavy atom. The third kappa shape index (κ3) is 3.00. The number of benzene rings is 4. The average Bonchev–Trinajstić information content (AvgIpc) is 3.22. The molecular formula is C29H21NO. The molecule has 4 aromatic carbocycles.